The number of rotatable bonds is 7. The zero-order chi connectivity index (χ0) is 21.1. The second-order valence-corrected chi connectivity index (χ2v) is 6.96. The first-order valence-electron chi connectivity index (χ1n) is 9.47. The van der Waals surface area contributed by atoms with Crippen molar-refractivity contribution in [3.05, 3.63) is 93.9 Å². The quantitative estimate of drug-likeness (QED) is 0.351. The van der Waals surface area contributed by atoms with Gasteiger partial charge < -0.3 is 15.6 Å². The molecule has 0 aliphatic carbocycles. The number of nitro groups is 1. The molecule has 0 spiro atoms. The first kappa shape index (κ1) is 19.4. The van der Waals surface area contributed by atoms with Gasteiger partial charge in [-0.25, -0.2) is 9.37 Å². The highest BCUT2D eigenvalue weighted by molar-refractivity contribution is 5.84. The van der Waals surface area contributed by atoms with Crippen LogP contribution in [0.2, 0.25) is 0 Å². The molecule has 4 rings (SSSR count). The first-order chi connectivity index (χ1) is 14.5. The summed E-state index contributed by atoms with van der Waals surface area (Å²) in [5.74, 6) is 0.126. The van der Waals surface area contributed by atoms with E-state index in [2.05, 4.69) is 21.1 Å². The van der Waals surface area contributed by atoms with E-state index in [9.17, 15) is 14.5 Å². The van der Waals surface area contributed by atoms with E-state index in [1.54, 1.807) is 12.1 Å². The van der Waals surface area contributed by atoms with Crippen LogP contribution in [0.3, 0.4) is 0 Å². The lowest BCUT2D eigenvalue weighted by Crippen LogP contribution is -2.09. The average Bonchev–Trinajstić information content (AvgIpc) is 3.07. The molecule has 7 nitrogen and oxygen atoms in total. The fraction of sp³-hybridized carbons (Fsp3) is 0.136. The number of para-hydroxylation sites is 1. The van der Waals surface area contributed by atoms with E-state index in [0.717, 1.165) is 22.0 Å². The van der Waals surface area contributed by atoms with E-state index in [4.69, 9.17) is 5.73 Å². The Morgan fingerprint density at radius 1 is 1.10 bits per heavy atom. The molecule has 2 aromatic heterocycles. The molecular weight excluding hydrogens is 385 g/mol. The molecule has 0 atom stereocenters. The van der Waals surface area contributed by atoms with Gasteiger partial charge in [-0.05, 0) is 41.8 Å². The summed E-state index contributed by atoms with van der Waals surface area (Å²) < 4.78 is 15.3. The third kappa shape index (κ3) is 4.07. The molecule has 0 aliphatic rings. The van der Waals surface area contributed by atoms with Gasteiger partial charge >= 0.3 is 5.69 Å². The molecular formula is C22H20FN5O2. The highest BCUT2D eigenvalue weighted by Gasteiger charge is 2.15. The minimum absolute atomic E-state index is 0.108. The lowest BCUT2D eigenvalue weighted by molar-refractivity contribution is -0.384. The Morgan fingerprint density at radius 2 is 1.87 bits per heavy atom. The maximum absolute atomic E-state index is 13.2. The van der Waals surface area contributed by atoms with Crippen molar-refractivity contribution in [2.75, 3.05) is 17.6 Å². The van der Waals surface area contributed by atoms with E-state index in [0.29, 0.717) is 19.5 Å². The predicted molar refractivity (Wildman–Crippen MR) is 115 cm³/mol. The molecule has 0 amide bonds. The molecule has 2 aromatic carbocycles. The highest BCUT2D eigenvalue weighted by Crippen LogP contribution is 2.25. The molecule has 2 heterocycles. The van der Waals surface area contributed by atoms with Gasteiger partial charge in [0, 0.05) is 36.3 Å². The van der Waals surface area contributed by atoms with Crippen LogP contribution in [0.25, 0.3) is 10.9 Å². The van der Waals surface area contributed by atoms with Crippen LogP contribution in [0.1, 0.15) is 11.1 Å². The summed E-state index contributed by atoms with van der Waals surface area (Å²) in [5, 5.41) is 15.3. The van der Waals surface area contributed by atoms with Crippen LogP contribution in [0.4, 0.5) is 21.7 Å². The highest BCUT2D eigenvalue weighted by atomic mass is 19.1. The average molecular weight is 405 g/mol. The van der Waals surface area contributed by atoms with Crippen LogP contribution >= 0.6 is 0 Å². The zero-order valence-electron chi connectivity index (χ0n) is 16.1. The van der Waals surface area contributed by atoms with Gasteiger partial charge in [-0.1, -0.05) is 30.3 Å². The molecule has 30 heavy (non-hydrogen) atoms. The summed E-state index contributed by atoms with van der Waals surface area (Å²) in [6.07, 6.45) is 2.71. The molecule has 0 saturated heterocycles. The lowest BCUT2D eigenvalue weighted by atomic mass is 10.1. The maximum atomic E-state index is 13.2. The summed E-state index contributed by atoms with van der Waals surface area (Å²) in [5.41, 5.74) is 8.74. The van der Waals surface area contributed by atoms with E-state index in [1.807, 2.05) is 24.3 Å². The van der Waals surface area contributed by atoms with Crippen LogP contribution in [0.15, 0.2) is 66.9 Å². The molecule has 0 bridgehead atoms. The monoisotopic (exact) mass is 405 g/mol. The fourth-order valence-electron chi connectivity index (χ4n) is 3.50. The normalized spacial score (nSPS) is 11.0. The van der Waals surface area contributed by atoms with E-state index in [1.165, 1.54) is 24.3 Å². The standard InChI is InChI=1S/C22H20FN5O2/c23-17-7-5-15(6-8-17)13-27-14-16(18-3-1-2-4-19(18)27)11-12-25-22-20(28(29)30)9-10-21(24)26-22/h1-10,14H,11-13H2,(H3,24,25,26). The van der Waals surface area contributed by atoms with Gasteiger partial charge in [-0.15, -0.1) is 0 Å². The topological polar surface area (TPSA) is 99.0 Å². The smallest absolute Gasteiger partial charge is 0.311 e. The summed E-state index contributed by atoms with van der Waals surface area (Å²) in [6.45, 7) is 1.08. The number of nitrogens with one attached hydrogen (secondary N) is 1. The number of hydrogen-bond acceptors (Lipinski definition) is 5. The number of benzene rings is 2. The fourth-order valence-corrected chi connectivity index (χ4v) is 3.50. The number of anilines is 2. The summed E-state index contributed by atoms with van der Waals surface area (Å²) in [7, 11) is 0. The number of pyridine rings is 1. The van der Waals surface area contributed by atoms with Gasteiger partial charge in [-0.2, -0.15) is 0 Å². The first-order valence-corrected chi connectivity index (χ1v) is 9.47. The number of nitrogens with two attached hydrogens (primary N) is 1. The second kappa shape index (κ2) is 8.20. The Kier molecular flexibility index (Phi) is 5.30. The third-order valence-electron chi connectivity index (χ3n) is 4.92. The Morgan fingerprint density at radius 3 is 2.63 bits per heavy atom. The van der Waals surface area contributed by atoms with Gasteiger partial charge in [0.2, 0.25) is 5.82 Å². The van der Waals surface area contributed by atoms with Gasteiger partial charge in [0.05, 0.1) is 4.92 Å². The molecule has 0 saturated carbocycles. The number of hydrogen-bond donors (Lipinski definition) is 2. The Balaban J connectivity index is 1.54. The molecule has 0 fully saturated rings. The van der Waals surface area contributed by atoms with Gasteiger partial charge in [-0.3, -0.25) is 10.1 Å². The number of fused-ring (bicyclic) bond motifs is 1. The Bertz CT molecular complexity index is 1200. The van der Waals surface area contributed by atoms with Crippen molar-refractivity contribution >= 4 is 28.2 Å². The number of nitrogens with zero attached hydrogens (tertiary/aromatic N) is 3. The van der Waals surface area contributed by atoms with Gasteiger partial charge in [0.25, 0.3) is 0 Å². The third-order valence-corrected chi connectivity index (χ3v) is 4.92. The molecule has 0 radical (unpaired) electrons. The van der Waals surface area contributed by atoms with E-state index in [-0.39, 0.29) is 23.1 Å². The minimum Gasteiger partial charge on any atom is -0.384 e. The lowest BCUT2D eigenvalue weighted by Gasteiger charge is -2.06. The van der Waals surface area contributed by atoms with Crippen LogP contribution in [-0.4, -0.2) is 21.0 Å². The van der Waals surface area contributed by atoms with Crippen LogP contribution in [0, 0.1) is 15.9 Å². The molecule has 152 valence electrons. The van der Waals surface area contributed by atoms with Gasteiger partial charge in [0.15, 0.2) is 0 Å². The predicted octanol–water partition coefficient (Wildman–Crippen LogP) is 4.37. The van der Waals surface area contributed by atoms with Crippen molar-refractivity contribution in [2.45, 2.75) is 13.0 Å². The minimum atomic E-state index is -0.483. The molecule has 0 aliphatic heterocycles. The summed E-state index contributed by atoms with van der Waals surface area (Å²) in [4.78, 5) is 14.8. The molecule has 4 aromatic rings. The van der Waals surface area contributed by atoms with Crippen molar-refractivity contribution < 1.29 is 9.31 Å². The van der Waals surface area contributed by atoms with Gasteiger partial charge in [0.1, 0.15) is 11.6 Å². The van der Waals surface area contributed by atoms with Crippen molar-refractivity contribution in [1.29, 1.82) is 0 Å². The zero-order valence-corrected chi connectivity index (χ0v) is 16.1. The number of nitrogen functional groups attached to an aromatic ring is 1. The molecule has 3 N–H and O–H groups in total. The number of halogens is 1. The largest absolute Gasteiger partial charge is 0.384 e. The molecule has 8 heteroatoms. The summed E-state index contributed by atoms with van der Waals surface area (Å²) in [6, 6.07) is 17.3. The SMILES string of the molecule is Nc1ccc([N+](=O)[O-])c(NCCc2cn(Cc3ccc(F)cc3)c3ccccc23)n1. The van der Waals surface area contributed by atoms with Crippen molar-refractivity contribution in [1.82, 2.24) is 9.55 Å². The van der Waals surface area contributed by atoms with Crippen molar-refractivity contribution in [3.63, 3.8) is 0 Å². The Hall–Kier alpha value is -3.94. The molecule has 0 unspecified atom stereocenters. The van der Waals surface area contributed by atoms with E-state index < -0.39 is 4.92 Å². The van der Waals surface area contributed by atoms with Crippen LogP contribution in [-0.2, 0) is 13.0 Å². The maximum Gasteiger partial charge on any atom is 0.311 e. The van der Waals surface area contributed by atoms with Crippen LogP contribution in [0.5, 0.6) is 0 Å². The van der Waals surface area contributed by atoms with Crippen molar-refractivity contribution in [2.24, 2.45) is 0 Å². The van der Waals surface area contributed by atoms with Crippen molar-refractivity contribution in [3.8, 4) is 0 Å². The van der Waals surface area contributed by atoms with E-state index >= 15 is 0 Å². The second-order valence-electron chi connectivity index (χ2n) is 6.96. The van der Waals surface area contributed by atoms with Crippen LogP contribution < -0.4 is 11.1 Å². The Labute approximate surface area is 172 Å². The summed E-state index contributed by atoms with van der Waals surface area (Å²) >= 11 is 0. The number of aromatic nitrogens is 2.